The fourth-order valence-electron chi connectivity index (χ4n) is 4.09. The van der Waals surface area contributed by atoms with Crippen molar-refractivity contribution in [3.05, 3.63) is 77.5 Å². The number of aryl methyl sites for hydroxylation is 1. The SMILES string of the molecule is Cc1ccc(CC(N)C(=O)N2CCn3cc(-c4ccc(F)cc4)nc3C2(C)C)cc1. The number of hydrogen-bond donors (Lipinski definition) is 1. The summed E-state index contributed by atoms with van der Waals surface area (Å²) in [5.41, 5.74) is 9.57. The maximum absolute atomic E-state index is 13.3. The topological polar surface area (TPSA) is 64.2 Å². The Labute approximate surface area is 176 Å². The molecule has 0 spiro atoms. The molecule has 30 heavy (non-hydrogen) atoms. The first-order chi connectivity index (χ1) is 14.3. The quantitative estimate of drug-likeness (QED) is 0.719. The van der Waals surface area contributed by atoms with Gasteiger partial charge in [-0.1, -0.05) is 29.8 Å². The third-order valence-electron chi connectivity index (χ3n) is 5.86. The van der Waals surface area contributed by atoms with E-state index in [9.17, 15) is 9.18 Å². The van der Waals surface area contributed by atoms with Crippen LogP contribution in [-0.2, 0) is 23.3 Å². The molecule has 5 nitrogen and oxygen atoms in total. The number of aromatic nitrogens is 2. The van der Waals surface area contributed by atoms with Crippen LogP contribution in [0.1, 0.15) is 30.8 Å². The standard InChI is InChI=1S/C24H27FN4O/c1-16-4-6-17(7-5-16)14-20(26)22(30)29-13-12-28-15-21(27-23(28)24(29,2)3)18-8-10-19(25)11-9-18/h4-11,15,20H,12-14,26H2,1-3H3. The molecule has 0 bridgehead atoms. The first kappa shape index (κ1) is 20.3. The Morgan fingerprint density at radius 2 is 1.80 bits per heavy atom. The van der Waals surface area contributed by atoms with Crippen molar-refractivity contribution in [3.8, 4) is 11.3 Å². The van der Waals surface area contributed by atoms with Crippen LogP contribution in [0, 0.1) is 12.7 Å². The zero-order chi connectivity index (χ0) is 21.5. The highest BCUT2D eigenvalue weighted by atomic mass is 19.1. The van der Waals surface area contributed by atoms with E-state index >= 15 is 0 Å². The van der Waals surface area contributed by atoms with Gasteiger partial charge in [0.05, 0.1) is 17.3 Å². The molecule has 6 heteroatoms. The maximum atomic E-state index is 13.3. The summed E-state index contributed by atoms with van der Waals surface area (Å²) in [6.45, 7) is 7.24. The Morgan fingerprint density at radius 1 is 1.13 bits per heavy atom. The minimum Gasteiger partial charge on any atom is -0.331 e. The zero-order valence-corrected chi connectivity index (χ0v) is 17.6. The number of fused-ring (bicyclic) bond motifs is 1. The van der Waals surface area contributed by atoms with E-state index in [2.05, 4.69) is 4.57 Å². The van der Waals surface area contributed by atoms with E-state index in [0.29, 0.717) is 19.5 Å². The Hall–Kier alpha value is -2.99. The molecule has 2 N–H and O–H groups in total. The minimum atomic E-state index is -0.606. The summed E-state index contributed by atoms with van der Waals surface area (Å²) in [5, 5.41) is 0. The van der Waals surface area contributed by atoms with Gasteiger partial charge in [-0.2, -0.15) is 0 Å². The van der Waals surface area contributed by atoms with Crippen LogP contribution >= 0.6 is 0 Å². The molecular weight excluding hydrogens is 379 g/mol. The first-order valence-corrected chi connectivity index (χ1v) is 10.2. The van der Waals surface area contributed by atoms with Crippen LogP contribution in [0.5, 0.6) is 0 Å². The molecule has 0 radical (unpaired) electrons. The first-order valence-electron chi connectivity index (χ1n) is 10.2. The van der Waals surface area contributed by atoms with Crippen molar-refractivity contribution in [2.75, 3.05) is 6.54 Å². The Balaban J connectivity index is 1.56. The summed E-state index contributed by atoms with van der Waals surface area (Å²) < 4.78 is 15.3. The van der Waals surface area contributed by atoms with Gasteiger partial charge in [0.25, 0.3) is 0 Å². The third kappa shape index (κ3) is 3.75. The number of imidazole rings is 1. The van der Waals surface area contributed by atoms with Crippen LogP contribution in [0.2, 0.25) is 0 Å². The van der Waals surface area contributed by atoms with Gasteiger partial charge in [-0.3, -0.25) is 4.79 Å². The average Bonchev–Trinajstić information content (AvgIpc) is 3.15. The highest BCUT2D eigenvalue weighted by molar-refractivity contribution is 5.83. The van der Waals surface area contributed by atoms with Crippen molar-refractivity contribution in [3.63, 3.8) is 0 Å². The third-order valence-corrected chi connectivity index (χ3v) is 5.86. The molecule has 1 aliphatic heterocycles. The summed E-state index contributed by atoms with van der Waals surface area (Å²) in [4.78, 5) is 19.9. The summed E-state index contributed by atoms with van der Waals surface area (Å²) in [6, 6.07) is 13.8. The molecule has 0 fully saturated rings. The number of halogens is 1. The molecule has 0 saturated carbocycles. The van der Waals surface area contributed by atoms with Crippen LogP contribution in [0.3, 0.4) is 0 Å². The number of benzene rings is 2. The molecule has 156 valence electrons. The number of carbonyl (C=O) groups is 1. The predicted molar refractivity (Wildman–Crippen MR) is 115 cm³/mol. The predicted octanol–water partition coefficient (Wildman–Crippen LogP) is 3.64. The van der Waals surface area contributed by atoms with Crippen molar-refractivity contribution in [1.29, 1.82) is 0 Å². The molecule has 2 heterocycles. The van der Waals surface area contributed by atoms with Gasteiger partial charge in [-0.25, -0.2) is 9.37 Å². The minimum absolute atomic E-state index is 0.0712. The number of hydrogen-bond acceptors (Lipinski definition) is 3. The lowest BCUT2D eigenvalue weighted by molar-refractivity contribution is -0.140. The van der Waals surface area contributed by atoms with Crippen molar-refractivity contribution in [2.24, 2.45) is 5.73 Å². The smallest absolute Gasteiger partial charge is 0.240 e. The fraction of sp³-hybridized carbons (Fsp3) is 0.333. The molecule has 3 aromatic rings. The van der Waals surface area contributed by atoms with Gasteiger partial charge in [-0.05, 0) is 57.0 Å². The van der Waals surface area contributed by atoms with Gasteiger partial charge in [-0.15, -0.1) is 0 Å². The fourth-order valence-corrected chi connectivity index (χ4v) is 4.09. The van der Waals surface area contributed by atoms with Crippen LogP contribution in [0.15, 0.2) is 54.7 Å². The van der Waals surface area contributed by atoms with Crippen molar-refractivity contribution in [1.82, 2.24) is 14.5 Å². The van der Waals surface area contributed by atoms with E-state index < -0.39 is 11.6 Å². The van der Waals surface area contributed by atoms with Gasteiger partial charge in [0, 0.05) is 24.8 Å². The van der Waals surface area contributed by atoms with E-state index in [0.717, 1.165) is 22.6 Å². The molecule has 1 aromatic heterocycles. The molecule has 1 atom stereocenters. The van der Waals surface area contributed by atoms with E-state index in [1.54, 1.807) is 12.1 Å². The molecule has 4 rings (SSSR count). The van der Waals surface area contributed by atoms with Crippen molar-refractivity contribution >= 4 is 5.91 Å². The van der Waals surface area contributed by atoms with Crippen LogP contribution in [-0.4, -0.2) is 32.9 Å². The monoisotopic (exact) mass is 406 g/mol. The normalized spacial score (nSPS) is 16.2. The van der Waals surface area contributed by atoms with Crippen molar-refractivity contribution < 1.29 is 9.18 Å². The summed E-state index contributed by atoms with van der Waals surface area (Å²) >= 11 is 0. The Kier molecular flexibility index (Phi) is 5.20. The highest BCUT2D eigenvalue weighted by Crippen LogP contribution is 2.33. The molecule has 2 aromatic carbocycles. The maximum Gasteiger partial charge on any atom is 0.240 e. The van der Waals surface area contributed by atoms with Crippen LogP contribution < -0.4 is 5.73 Å². The molecule has 1 amide bonds. The van der Waals surface area contributed by atoms with Crippen LogP contribution in [0.25, 0.3) is 11.3 Å². The molecule has 1 unspecified atom stereocenters. The number of nitrogens with two attached hydrogens (primary N) is 1. The lowest BCUT2D eigenvalue weighted by atomic mass is 9.96. The lowest BCUT2D eigenvalue weighted by Gasteiger charge is -2.43. The Morgan fingerprint density at radius 3 is 2.47 bits per heavy atom. The van der Waals surface area contributed by atoms with E-state index in [-0.39, 0.29) is 11.7 Å². The second-order valence-corrected chi connectivity index (χ2v) is 8.50. The second-order valence-electron chi connectivity index (χ2n) is 8.50. The van der Waals surface area contributed by atoms with Gasteiger partial charge in [0.2, 0.25) is 5.91 Å². The lowest BCUT2D eigenvalue weighted by Crippen LogP contribution is -2.56. The molecular formula is C24H27FN4O. The number of nitrogens with zero attached hydrogens (tertiary/aromatic N) is 3. The van der Waals surface area contributed by atoms with Crippen molar-refractivity contribution in [2.45, 2.75) is 45.3 Å². The van der Waals surface area contributed by atoms with Gasteiger partial charge < -0.3 is 15.2 Å². The summed E-state index contributed by atoms with van der Waals surface area (Å²) in [7, 11) is 0. The van der Waals surface area contributed by atoms with E-state index in [1.807, 2.05) is 56.1 Å². The van der Waals surface area contributed by atoms with Gasteiger partial charge >= 0.3 is 0 Å². The summed E-state index contributed by atoms with van der Waals surface area (Å²) in [5.74, 6) is 0.463. The molecule has 1 aliphatic rings. The van der Waals surface area contributed by atoms with Gasteiger partial charge in [0.1, 0.15) is 11.6 Å². The molecule has 0 aliphatic carbocycles. The van der Waals surface area contributed by atoms with E-state index in [4.69, 9.17) is 10.7 Å². The largest absolute Gasteiger partial charge is 0.331 e. The highest BCUT2D eigenvalue weighted by Gasteiger charge is 2.41. The molecule has 0 saturated heterocycles. The summed E-state index contributed by atoms with van der Waals surface area (Å²) in [6.07, 6.45) is 2.47. The second kappa shape index (κ2) is 7.69. The average molecular weight is 407 g/mol. The number of amides is 1. The number of carbonyl (C=O) groups excluding carboxylic acids is 1. The zero-order valence-electron chi connectivity index (χ0n) is 17.6. The number of rotatable bonds is 4. The van der Waals surface area contributed by atoms with Crippen LogP contribution in [0.4, 0.5) is 4.39 Å². The Bertz CT molecular complexity index is 1050. The van der Waals surface area contributed by atoms with Gasteiger partial charge in [0.15, 0.2) is 0 Å². The van der Waals surface area contributed by atoms with E-state index in [1.165, 1.54) is 17.7 Å².